The second-order valence-electron chi connectivity index (χ2n) is 10.2. The first-order valence-corrected chi connectivity index (χ1v) is 15.1. The van der Waals surface area contributed by atoms with Crippen molar-refractivity contribution in [2.45, 2.75) is 43.5 Å². The van der Waals surface area contributed by atoms with Crippen LogP contribution in [-0.4, -0.2) is 62.1 Å². The molecule has 0 spiro atoms. The number of amides is 1. The van der Waals surface area contributed by atoms with Crippen LogP contribution in [-0.2, 0) is 19.6 Å². The fourth-order valence-electron chi connectivity index (χ4n) is 5.16. The summed E-state index contributed by atoms with van der Waals surface area (Å²) in [5, 5.41) is 5.97. The van der Waals surface area contributed by atoms with Crippen LogP contribution in [0.25, 0.3) is 0 Å². The molecule has 2 aliphatic heterocycles. The molecule has 1 saturated heterocycles. The molecule has 0 aromatic heterocycles. The highest BCUT2D eigenvalue weighted by Gasteiger charge is 2.34. The number of piperidine rings is 1. The lowest BCUT2D eigenvalue weighted by Crippen LogP contribution is -2.36. The molecule has 1 amide bonds. The van der Waals surface area contributed by atoms with Crippen molar-refractivity contribution in [1.82, 2.24) is 9.31 Å². The van der Waals surface area contributed by atoms with E-state index >= 15 is 0 Å². The summed E-state index contributed by atoms with van der Waals surface area (Å²) in [4.78, 5) is 26.4. The number of hydrogen-bond donors (Lipinski definition) is 0. The molecule has 10 heteroatoms. The maximum Gasteiger partial charge on any atom is 0.338 e. The molecule has 2 aliphatic rings. The number of benzene rings is 3. The third-order valence-corrected chi connectivity index (χ3v) is 9.50. The van der Waals surface area contributed by atoms with E-state index in [0.717, 1.165) is 36.1 Å². The third-order valence-electron chi connectivity index (χ3n) is 7.46. The van der Waals surface area contributed by atoms with Gasteiger partial charge in [0.1, 0.15) is 5.75 Å². The number of hydrogen-bond acceptors (Lipinski definition) is 7. The molecule has 41 heavy (non-hydrogen) atoms. The first-order valence-electron chi connectivity index (χ1n) is 13.6. The Morgan fingerprint density at radius 3 is 2.34 bits per heavy atom. The van der Waals surface area contributed by atoms with E-state index in [4.69, 9.17) is 9.47 Å². The number of carbonyl (C=O) groups is 2. The van der Waals surface area contributed by atoms with E-state index in [1.807, 2.05) is 54.6 Å². The number of hydrazone groups is 1. The Morgan fingerprint density at radius 2 is 1.66 bits per heavy atom. The minimum Gasteiger partial charge on any atom is -0.497 e. The Morgan fingerprint density at radius 1 is 0.951 bits per heavy atom. The monoisotopic (exact) mass is 575 g/mol. The van der Waals surface area contributed by atoms with Gasteiger partial charge in [0.25, 0.3) is 5.91 Å². The lowest BCUT2D eigenvalue weighted by molar-refractivity contribution is -0.136. The average molecular weight is 576 g/mol. The lowest BCUT2D eigenvalue weighted by atomic mass is 9.98. The molecule has 1 unspecified atom stereocenters. The number of esters is 1. The molecular formula is C31H33N3O6S. The largest absolute Gasteiger partial charge is 0.497 e. The number of carbonyl (C=O) groups excluding carboxylic acids is 2. The van der Waals surface area contributed by atoms with Gasteiger partial charge in [-0.05, 0) is 60.7 Å². The van der Waals surface area contributed by atoms with Gasteiger partial charge < -0.3 is 9.47 Å². The van der Waals surface area contributed by atoms with Gasteiger partial charge in [-0.2, -0.15) is 9.41 Å². The Labute approximate surface area is 240 Å². The van der Waals surface area contributed by atoms with E-state index in [0.29, 0.717) is 30.8 Å². The van der Waals surface area contributed by atoms with Crippen LogP contribution in [0.15, 0.2) is 82.8 Å². The van der Waals surface area contributed by atoms with Crippen LogP contribution in [0.4, 0.5) is 0 Å². The molecule has 3 aromatic rings. The van der Waals surface area contributed by atoms with Crippen molar-refractivity contribution in [3.63, 3.8) is 0 Å². The number of aryl methyl sites for hydroxylation is 1. The Kier molecular flexibility index (Phi) is 8.51. The molecule has 1 fully saturated rings. The van der Waals surface area contributed by atoms with Gasteiger partial charge in [-0.3, -0.25) is 4.79 Å². The quantitative estimate of drug-likeness (QED) is 0.360. The SMILES string of the molecule is COc1ccc(C2CC(c3ccccc3)=NN2C(=O)COC(=O)c2ccc(C)c(S(=O)(=O)N3CCCCC3)c2)cc1. The molecule has 0 saturated carbocycles. The van der Waals surface area contributed by atoms with Gasteiger partial charge in [-0.15, -0.1) is 0 Å². The molecule has 1 atom stereocenters. The molecule has 2 heterocycles. The predicted octanol–water partition coefficient (Wildman–Crippen LogP) is 4.71. The molecule has 214 valence electrons. The topological polar surface area (TPSA) is 106 Å². The molecule has 0 N–H and O–H groups in total. The average Bonchev–Trinajstić information content (AvgIpc) is 3.46. The third kappa shape index (κ3) is 6.18. The zero-order valence-corrected chi connectivity index (χ0v) is 24.0. The van der Waals surface area contributed by atoms with E-state index < -0.39 is 28.5 Å². The van der Waals surface area contributed by atoms with Crippen molar-refractivity contribution in [1.29, 1.82) is 0 Å². The van der Waals surface area contributed by atoms with Crippen molar-refractivity contribution in [3.05, 3.63) is 95.1 Å². The van der Waals surface area contributed by atoms with E-state index in [9.17, 15) is 18.0 Å². The molecule has 5 rings (SSSR count). The highest BCUT2D eigenvalue weighted by molar-refractivity contribution is 7.89. The normalized spacial score (nSPS) is 17.7. The second kappa shape index (κ2) is 12.2. The summed E-state index contributed by atoms with van der Waals surface area (Å²) in [5.41, 5.74) is 3.13. The van der Waals surface area contributed by atoms with Gasteiger partial charge in [0, 0.05) is 19.5 Å². The number of ether oxygens (including phenoxy) is 2. The van der Waals surface area contributed by atoms with E-state index in [2.05, 4.69) is 5.10 Å². The van der Waals surface area contributed by atoms with Crippen LogP contribution < -0.4 is 4.74 Å². The minimum absolute atomic E-state index is 0.0700. The molecule has 3 aromatic carbocycles. The molecule has 0 aliphatic carbocycles. The lowest BCUT2D eigenvalue weighted by Gasteiger charge is -2.26. The van der Waals surface area contributed by atoms with E-state index in [1.54, 1.807) is 20.1 Å². The summed E-state index contributed by atoms with van der Waals surface area (Å²) in [5.74, 6) is -0.568. The summed E-state index contributed by atoms with van der Waals surface area (Å²) in [6.07, 6.45) is 3.11. The first kappa shape index (κ1) is 28.5. The summed E-state index contributed by atoms with van der Waals surface area (Å²) in [6, 6.07) is 21.1. The summed E-state index contributed by atoms with van der Waals surface area (Å²) in [7, 11) is -2.16. The van der Waals surface area contributed by atoms with Gasteiger partial charge >= 0.3 is 5.97 Å². The molecule has 0 radical (unpaired) electrons. The standard InChI is InChI=1S/C31H33N3O6S/c1-22-11-12-25(19-29(22)41(37,38)33-17-7-4-8-18-33)31(36)40-21-30(35)34-28(24-13-15-26(39-2)16-14-24)20-27(32-34)23-9-5-3-6-10-23/h3,5-6,9-16,19,28H,4,7-8,17-18,20-21H2,1-2H3. The number of methoxy groups -OCH3 is 1. The smallest absolute Gasteiger partial charge is 0.338 e. The van der Waals surface area contributed by atoms with Gasteiger partial charge in [0.2, 0.25) is 10.0 Å². The van der Waals surface area contributed by atoms with E-state index in [1.165, 1.54) is 21.4 Å². The predicted molar refractivity (Wildman–Crippen MR) is 154 cm³/mol. The fourth-order valence-corrected chi connectivity index (χ4v) is 6.92. The Hall–Kier alpha value is -4.02. The molecule has 9 nitrogen and oxygen atoms in total. The number of rotatable bonds is 8. The van der Waals surface area contributed by atoms with Gasteiger partial charge in [0.15, 0.2) is 6.61 Å². The van der Waals surface area contributed by atoms with Crippen LogP contribution in [0.1, 0.15) is 58.8 Å². The van der Waals surface area contributed by atoms with Crippen LogP contribution >= 0.6 is 0 Å². The molecular weight excluding hydrogens is 542 g/mol. The summed E-state index contributed by atoms with van der Waals surface area (Å²) >= 11 is 0. The van der Waals surface area contributed by atoms with Crippen molar-refractivity contribution in [3.8, 4) is 5.75 Å². The van der Waals surface area contributed by atoms with Crippen LogP contribution in [0.5, 0.6) is 5.75 Å². The second-order valence-corrected chi connectivity index (χ2v) is 12.1. The van der Waals surface area contributed by atoms with Gasteiger partial charge in [-0.25, -0.2) is 18.2 Å². The zero-order valence-electron chi connectivity index (χ0n) is 23.2. The highest BCUT2D eigenvalue weighted by atomic mass is 32.2. The van der Waals surface area contributed by atoms with Crippen LogP contribution in [0, 0.1) is 6.92 Å². The maximum absolute atomic E-state index is 13.4. The van der Waals surface area contributed by atoms with Gasteiger partial charge in [0.05, 0.1) is 29.3 Å². The fraction of sp³-hybridized carbons (Fsp3) is 0.323. The summed E-state index contributed by atoms with van der Waals surface area (Å²) < 4.78 is 38.7. The summed E-state index contributed by atoms with van der Waals surface area (Å²) in [6.45, 7) is 2.08. The Balaban J connectivity index is 1.33. The van der Waals surface area contributed by atoms with Crippen molar-refractivity contribution >= 4 is 27.6 Å². The van der Waals surface area contributed by atoms with Crippen molar-refractivity contribution in [2.24, 2.45) is 5.10 Å². The van der Waals surface area contributed by atoms with Crippen molar-refractivity contribution in [2.75, 3.05) is 26.8 Å². The zero-order chi connectivity index (χ0) is 29.0. The Bertz CT molecular complexity index is 1550. The molecule has 0 bridgehead atoms. The van der Waals surface area contributed by atoms with Crippen LogP contribution in [0.3, 0.4) is 0 Å². The van der Waals surface area contributed by atoms with Crippen LogP contribution in [0.2, 0.25) is 0 Å². The maximum atomic E-state index is 13.4. The van der Waals surface area contributed by atoms with E-state index in [-0.39, 0.29) is 16.5 Å². The first-order chi connectivity index (χ1) is 19.8. The number of nitrogens with zero attached hydrogens (tertiary/aromatic N) is 3. The minimum atomic E-state index is -3.74. The van der Waals surface area contributed by atoms with Crippen molar-refractivity contribution < 1.29 is 27.5 Å². The van der Waals surface area contributed by atoms with Gasteiger partial charge in [-0.1, -0.05) is 55.0 Å². The highest BCUT2D eigenvalue weighted by Crippen LogP contribution is 2.34. The number of sulfonamides is 1.